The second-order valence-electron chi connectivity index (χ2n) is 11.3. The third-order valence-electron chi connectivity index (χ3n) is 6.33. The lowest BCUT2D eigenvalue weighted by Gasteiger charge is -2.32. The Balaban J connectivity index is 1.43. The number of rotatable bonds is 8. The van der Waals surface area contributed by atoms with E-state index < -0.39 is 42.4 Å². The third kappa shape index (κ3) is 10.4. The molecule has 0 aliphatic carbocycles. The molecular weight excluding hydrogens is 542 g/mol. The van der Waals surface area contributed by atoms with Crippen molar-refractivity contribution in [2.75, 3.05) is 37.6 Å². The highest BCUT2D eigenvalue weighted by atomic mass is 19.1. The monoisotopic (exact) mass is 582 g/mol. The number of oxime groups is 1. The minimum Gasteiger partial charge on any atom is -0.459 e. The van der Waals surface area contributed by atoms with Crippen LogP contribution in [-0.2, 0) is 30.4 Å². The zero-order valence-electron chi connectivity index (χ0n) is 24.3. The molecule has 0 spiro atoms. The number of piperidine rings is 2. The van der Waals surface area contributed by atoms with E-state index in [-0.39, 0.29) is 29.6 Å². The number of anilines is 1. The molecule has 1 N–H and O–H groups in total. The second-order valence-corrected chi connectivity index (χ2v) is 11.3. The maximum Gasteiger partial charge on any atom is 0.410 e. The molecule has 0 aromatic heterocycles. The number of nitrogens with zero attached hydrogens (tertiary/aromatic N) is 3. The largest absolute Gasteiger partial charge is 0.459 e. The van der Waals surface area contributed by atoms with Gasteiger partial charge in [0, 0.05) is 63.5 Å². The quantitative estimate of drug-likeness (QED) is 0.270. The molecule has 41 heavy (non-hydrogen) atoms. The van der Waals surface area contributed by atoms with Gasteiger partial charge < -0.3 is 34.2 Å². The first-order valence-corrected chi connectivity index (χ1v) is 13.8. The van der Waals surface area contributed by atoms with Gasteiger partial charge in [0.1, 0.15) is 36.5 Å². The van der Waals surface area contributed by atoms with Crippen LogP contribution >= 0.6 is 0 Å². The van der Waals surface area contributed by atoms with Gasteiger partial charge in [-0.15, -0.1) is 0 Å². The van der Waals surface area contributed by atoms with Crippen molar-refractivity contribution < 1.29 is 42.2 Å². The lowest BCUT2D eigenvalue weighted by Crippen LogP contribution is -2.41. The zero-order chi connectivity index (χ0) is 30.2. The summed E-state index contributed by atoms with van der Waals surface area (Å²) < 4.78 is 44.8. The van der Waals surface area contributed by atoms with E-state index in [0.29, 0.717) is 51.9 Å². The van der Waals surface area contributed by atoms with E-state index in [2.05, 4.69) is 10.5 Å². The number of carbonyl (C=O) groups excluding carboxylic acids is 3. The molecule has 0 atom stereocenters. The van der Waals surface area contributed by atoms with E-state index in [0.717, 1.165) is 17.8 Å². The molecule has 2 amide bonds. The van der Waals surface area contributed by atoms with E-state index in [1.165, 1.54) is 0 Å². The highest BCUT2D eigenvalue weighted by Crippen LogP contribution is 2.26. The number of amides is 2. The van der Waals surface area contributed by atoms with Crippen molar-refractivity contribution in [1.82, 2.24) is 10.2 Å². The van der Waals surface area contributed by atoms with Crippen molar-refractivity contribution in [3.63, 3.8) is 0 Å². The molecule has 13 heteroatoms. The molecular formula is C28H40F2N4O7. The minimum absolute atomic E-state index is 0.0927. The molecule has 0 bridgehead atoms. The number of alkyl carbamates (subject to hydrolysis) is 1. The van der Waals surface area contributed by atoms with Gasteiger partial charge in [-0.25, -0.2) is 18.4 Å². The lowest BCUT2D eigenvalue weighted by molar-refractivity contribution is -0.143. The highest BCUT2D eigenvalue weighted by Gasteiger charge is 2.26. The number of esters is 1. The fraction of sp³-hybridized carbons (Fsp3) is 0.643. The van der Waals surface area contributed by atoms with Crippen LogP contribution in [0.25, 0.3) is 0 Å². The fourth-order valence-corrected chi connectivity index (χ4v) is 4.26. The van der Waals surface area contributed by atoms with Crippen molar-refractivity contribution >= 4 is 29.6 Å². The van der Waals surface area contributed by atoms with Crippen LogP contribution in [0, 0.1) is 11.6 Å². The zero-order valence-corrected chi connectivity index (χ0v) is 24.3. The van der Waals surface area contributed by atoms with Gasteiger partial charge in [0.2, 0.25) is 0 Å². The molecule has 2 aliphatic rings. The third-order valence-corrected chi connectivity index (χ3v) is 6.33. The first-order chi connectivity index (χ1) is 19.3. The summed E-state index contributed by atoms with van der Waals surface area (Å²) in [4.78, 5) is 44.7. The Kier molecular flexibility index (Phi) is 11.1. The summed E-state index contributed by atoms with van der Waals surface area (Å²) in [6.07, 6.45) is 1.01. The summed E-state index contributed by atoms with van der Waals surface area (Å²) in [6.45, 7) is 9.66. The normalized spacial score (nSPS) is 16.3. The van der Waals surface area contributed by atoms with Crippen LogP contribution in [-0.4, -0.2) is 79.3 Å². The summed E-state index contributed by atoms with van der Waals surface area (Å²) in [5.41, 5.74) is 0.114. The number of benzene rings is 1. The molecule has 0 radical (unpaired) electrons. The molecule has 2 aliphatic heterocycles. The van der Waals surface area contributed by atoms with E-state index in [1.54, 1.807) is 30.6 Å². The van der Waals surface area contributed by atoms with Crippen LogP contribution in [0.15, 0.2) is 17.3 Å². The second kappa shape index (κ2) is 14.3. The molecule has 1 aromatic carbocycles. The Bertz CT molecular complexity index is 1110. The average molecular weight is 583 g/mol. The molecule has 2 fully saturated rings. The van der Waals surface area contributed by atoms with E-state index >= 15 is 0 Å². The van der Waals surface area contributed by atoms with Crippen LogP contribution in [0.2, 0.25) is 0 Å². The molecule has 228 valence electrons. The van der Waals surface area contributed by atoms with Crippen molar-refractivity contribution in [3.8, 4) is 0 Å². The van der Waals surface area contributed by atoms with Gasteiger partial charge in [-0.3, -0.25) is 4.79 Å². The summed E-state index contributed by atoms with van der Waals surface area (Å²) in [5, 5.41) is 6.54. The molecule has 3 rings (SSSR count). The van der Waals surface area contributed by atoms with Crippen molar-refractivity contribution in [2.45, 2.75) is 84.7 Å². The van der Waals surface area contributed by atoms with Crippen LogP contribution in [0.4, 0.5) is 24.1 Å². The predicted molar refractivity (Wildman–Crippen MR) is 147 cm³/mol. The number of likely N-dealkylation sites (tertiary alicyclic amines) is 1. The fourth-order valence-electron chi connectivity index (χ4n) is 4.26. The van der Waals surface area contributed by atoms with Crippen molar-refractivity contribution in [1.29, 1.82) is 0 Å². The standard InChI is InChI=1S/C28H40F2N4O7/c1-18(2)39-27(37)34-12-8-21(9-13-34)41-32-20-6-10-33(11-7-20)24-15-22(29)19(14-23(24)30)17-38-25(35)16-31-26(36)40-28(3,4)5/h14-15,18,21H,6-13,16-17H2,1-5H3,(H,31,36). The number of nitrogens with one attached hydrogen (secondary N) is 1. The number of halogens is 2. The Morgan fingerprint density at radius 1 is 1.05 bits per heavy atom. The minimum atomic E-state index is -0.816. The van der Waals surface area contributed by atoms with Gasteiger partial charge in [-0.2, -0.15) is 0 Å². The maximum atomic E-state index is 14.9. The van der Waals surface area contributed by atoms with Crippen LogP contribution in [0.1, 0.15) is 65.9 Å². The average Bonchev–Trinajstić information content (AvgIpc) is 2.90. The van der Waals surface area contributed by atoms with Crippen molar-refractivity contribution in [3.05, 3.63) is 29.3 Å². The molecule has 0 unspecified atom stereocenters. The smallest absolute Gasteiger partial charge is 0.410 e. The highest BCUT2D eigenvalue weighted by molar-refractivity contribution is 5.86. The first kappa shape index (κ1) is 31.9. The number of ether oxygens (including phenoxy) is 3. The topological polar surface area (TPSA) is 119 Å². The number of carbonyl (C=O) groups is 3. The Hall–Kier alpha value is -3.64. The van der Waals surface area contributed by atoms with E-state index in [1.807, 2.05) is 13.8 Å². The first-order valence-electron chi connectivity index (χ1n) is 13.8. The van der Waals surface area contributed by atoms with Gasteiger partial charge in [0.25, 0.3) is 0 Å². The van der Waals surface area contributed by atoms with Gasteiger partial charge in [0.15, 0.2) is 0 Å². The summed E-state index contributed by atoms with van der Waals surface area (Å²) in [5.74, 6) is -2.16. The molecule has 1 aromatic rings. The molecule has 11 nitrogen and oxygen atoms in total. The lowest BCUT2D eigenvalue weighted by atomic mass is 10.1. The Morgan fingerprint density at radius 3 is 2.32 bits per heavy atom. The Labute approximate surface area is 239 Å². The van der Waals surface area contributed by atoms with Crippen LogP contribution in [0.5, 0.6) is 0 Å². The number of hydrogen-bond donors (Lipinski definition) is 1. The maximum absolute atomic E-state index is 14.9. The molecule has 2 heterocycles. The Morgan fingerprint density at radius 2 is 1.71 bits per heavy atom. The van der Waals surface area contributed by atoms with Crippen molar-refractivity contribution in [2.24, 2.45) is 5.16 Å². The van der Waals surface area contributed by atoms with Crippen LogP contribution in [0.3, 0.4) is 0 Å². The SMILES string of the molecule is CC(C)OC(=O)N1CCC(ON=C2CCN(c3cc(F)c(COC(=O)CNC(=O)OC(C)(C)C)cc3F)CC2)CC1. The molecule has 2 saturated heterocycles. The summed E-state index contributed by atoms with van der Waals surface area (Å²) in [7, 11) is 0. The number of hydrogen-bond acceptors (Lipinski definition) is 9. The van der Waals surface area contributed by atoms with E-state index in [4.69, 9.17) is 19.0 Å². The van der Waals surface area contributed by atoms with Crippen LogP contribution < -0.4 is 10.2 Å². The van der Waals surface area contributed by atoms with Gasteiger partial charge in [0.05, 0.1) is 17.5 Å². The van der Waals surface area contributed by atoms with Gasteiger partial charge >= 0.3 is 18.2 Å². The van der Waals surface area contributed by atoms with Gasteiger partial charge in [-0.1, -0.05) is 5.16 Å². The summed E-state index contributed by atoms with van der Waals surface area (Å²) in [6, 6.07) is 2.10. The van der Waals surface area contributed by atoms with E-state index in [9.17, 15) is 23.2 Å². The van der Waals surface area contributed by atoms with Gasteiger partial charge in [-0.05, 0) is 40.7 Å². The predicted octanol–water partition coefficient (Wildman–Crippen LogP) is 4.51. The summed E-state index contributed by atoms with van der Waals surface area (Å²) >= 11 is 0. The molecule has 0 saturated carbocycles.